The van der Waals surface area contributed by atoms with Crippen LogP contribution < -0.4 is 10.6 Å². The quantitative estimate of drug-likeness (QED) is 0.681. The van der Waals surface area contributed by atoms with Crippen LogP contribution in [0.25, 0.3) is 0 Å². The minimum absolute atomic E-state index is 0.176. The summed E-state index contributed by atoms with van der Waals surface area (Å²) in [5.41, 5.74) is 4.56. The first-order valence-corrected chi connectivity index (χ1v) is 10.8. The third-order valence-electron chi connectivity index (χ3n) is 5.63. The van der Waals surface area contributed by atoms with E-state index in [4.69, 9.17) is 9.47 Å². The van der Waals surface area contributed by atoms with Crippen LogP contribution in [0.1, 0.15) is 43.4 Å². The minimum atomic E-state index is -0.890. The number of dihydropyridines is 1. The lowest BCUT2D eigenvalue weighted by Gasteiger charge is -2.30. The number of allylic oxidation sites excluding steroid dienone is 2. The Morgan fingerprint density at radius 2 is 1.48 bits per heavy atom. The van der Waals surface area contributed by atoms with Gasteiger partial charge in [-0.15, -0.1) is 0 Å². The van der Waals surface area contributed by atoms with Crippen molar-refractivity contribution in [1.82, 2.24) is 10.6 Å². The summed E-state index contributed by atoms with van der Waals surface area (Å²) in [7, 11) is 1.25. The Bertz CT molecular complexity index is 1080. The van der Waals surface area contributed by atoms with Gasteiger partial charge >= 0.3 is 11.9 Å². The molecule has 2 heterocycles. The fraction of sp³-hybridized carbons (Fsp3) is 0.308. The number of hydrogen-bond donors (Lipinski definition) is 2. The standard InChI is InChI=1S/C18H20FNO4.C8H9N/c1-5-24-18(22)15-11(3)20-10(2)14(17(21)23-4)16(15)12-8-6-7-9-13(12)19;1-2-4-8-6-9-5-7(8)3-1/h6-9,16,20H,5H2,1-4H3;1-4,9H,5-6H2. The van der Waals surface area contributed by atoms with Crippen molar-refractivity contribution in [3.8, 4) is 0 Å². The van der Waals surface area contributed by atoms with Gasteiger partial charge in [-0.05, 0) is 38.0 Å². The van der Waals surface area contributed by atoms with Crippen molar-refractivity contribution in [1.29, 1.82) is 0 Å². The summed E-state index contributed by atoms with van der Waals surface area (Å²) >= 11 is 0. The second-order valence-electron chi connectivity index (χ2n) is 7.74. The van der Waals surface area contributed by atoms with Gasteiger partial charge in [-0.1, -0.05) is 42.5 Å². The minimum Gasteiger partial charge on any atom is -0.466 e. The molecule has 1 atom stereocenters. The predicted octanol–water partition coefficient (Wildman–Crippen LogP) is 4.09. The van der Waals surface area contributed by atoms with Crippen LogP contribution in [0.5, 0.6) is 0 Å². The number of esters is 2. The van der Waals surface area contributed by atoms with Crippen LogP contribution >= 0.6 is 0 Å². The largest absolute Gasteiger partial charge is 0.466 e. The lowest BCUT2D eigenvalue weighted by atomic mass is 9.80. The Kier molecular flexibility index (Phi) is 8.01. The highest BCUT2D eigenvalue weighted by Gasteiger charge is 2.38. The van der Waals surface area contributed by atoms with Gasteiger partial charge in [0.25, 0.3) is 0 Å². The molecule has 33 heavy (non-hydrogen) atoms. The molecular formula is C26H29FN2O4. The molecule has 0 spiro atoms. The Labute approximate surface area is 193 Å². The molecule has 0 radical (unpaired) electrons. The highest BCUT2D eigenvalue weighted by Crippen LogP contribution is 2.40. The van der Waals surface area contributed by atoms with Crippen LogP contribution in [0.15, 0.2) is 71.1 Å². The van der Waals surface area contributed by atoms with E-state index >= 15 is 0 Å². The number of carbonyl (C=O) groups excluding carboxylic acids is 2. The molecule has 2 aromatic carbocycles. The van der Waals surface area contributed by atoms with E-state index in [-0.39, 0.29) is 23.3 Å². The fourth-order valence-corrected chi connectivity index (χ4v) is 4.11. The highest BCUT2D eigenvalue weighted by molar-refractivity contribution is 5.99. The van der Waals surface area contributed by atoms with Crippen LogP contribution in [-0.2, 0) is 32.2 Å². The average Bonchev–Trinajstić information content (AvgIpc) is 3.28. The summed E-state index contributed by atoms with van der Waals surface area (Å²) in [5, 5.41) is 6.28. The van der Waals surface area contributed by atoms with Crippen molar-refractivity contribution in [3.05, 3.63) is 93.6 Å². The van der Waals surface area contributed by atoms with Gasteiger partial charge in [-0.3, -0.25) is 0 Å². The molecule has 2 aromatic rings. The molecule has 2 aliphatic rings. The van der Waals surface area contributed by atoms with Crippen molar-refractivity contribution in [2.24, 2.45) is 0 Å². The molecule has 0 saturated heterocycles. The smallest absolute Gasteiger partial charge is 0.336 e. The van der Waals surface area contributed by atoms with E-state index in [2.05, 4.69) is 34.9 Å². The first-order chi connectivity index (χ1) is 15.9. The van der Waals surface area contributed by atoms with Crippen molar-refractivity contribution in [2.75, 3.05) is 13.7 Å². The Hall–Kier alpha value is -3.45. The summed E-state index contributed by atoms with van der Waals surface area (Å²) in [6, 6.07) is 14.6. The summed E-state index contributed by atoms with van der Waals surface area (Å²) in [5.74, 6) is -2.61. The third-order valence-corrected chi connectivity index (χ3v) is 5.63. The third kappa shape index (κ3) is 5.31. The maximum atomic E-state index is 14.4. The first kappa shape index (κ1) is 24.2. The maximum absolute atomic E-state index is 14.4. The first-order valence-electron chi connectivity index (χ1n) is 10.8. The summed E-state index contributed by atoms with van der Waals surface area (Å²) in [6.07, 6.45) is 0. The number of halogens is 1. The van der Waals surface area contributed by atoms with Gasteiger partial charge in [0.2, 0.25) is 0 Å². The zero-order valence-electron chi connectivity index (χ0n) is 19.3. The number of methoxy groups -OCH3 is 1. The normalized spacial score (nSPS) is 16.9. The van der Waals surface area contributed by atoms with Crippen LogP contribution in [0.3, 0.4) is 0 Å². The lowest BCUT2D eigenvalue weighted by Crippen LogP contribution is -2.32. The van der Waals surface area contributed by atoms with E-state index in [0.717, 1.165) is 13.1 Å². The molecule has 1 unspecified atom stereocenters. The van der Waals surface area contributed by atoms with E-state index < -0.39 is 23.7 Å². The van der Waals surface area contributed by atoms with Crippen LogP contribution in [-0.4, -0.2) is 25.7 Å². The topological polar surface area (TPSA) is 76.7 Å². The zero-order chi connectivity index (χ0) is 24.0. The SMILES string of the molecule is CCOC(=O)C1=C(C)NC(C)=C(C(=O)OC)C1c1ccccc1F.c1ccc2c(c1)CNC2. The Morgan fingerprint density at radius 1 is 0.939 bits per heavy atom. The number of carbonyl (C=O) groups is 2. The number of hydrogen-bond acceptors (Lipinski definition) is 6. The number of rotatable bonds is 4. The summed E-state index contributed by atoms with van der Waals surface area (Å²) in [6.45, 7) is 7.34. The van der Waals surface area contributed by atoms with E-state index in [1.807, 2.05) is 0 Å². The van der Waals surface area contributed by atoms with Gasteiger partial charge in [0.05, 0.1) is 30.8 Å². The number of nitrogens with one attached hydrogen (secondary N) is 2. The predicted molar refractivity (Wildman–Crippen MR) is 123 cm³/mol. The number of fused-ring (bicyclic) bond motifs is 1. The molecule has 0 aliphatic carbocycles. The molecule has 2 aliphatic heterocycles. The molecule has 0 bridgehead atoms. The number of benzene rings is 2. The molecular weight excluding hydrogens is 423 g/mol. The fourth-order valence-electron chi connectivity index (χ4n) is 4.11. The molecule has 0 aromatic heterocycles. The second-order valence-corrected chi connectivity index (χ2v) is 7.74. The van der Waals surface area contributed by atoms with Crippen LogP contribution in [0, 0.1) is 5.82 Å². The monoisotopic (exact) mass is 452 g/mol. The lowest BCUT2D eigenvalue weighted by molar-refractivity contribution is -0.139. The molecule has 0 amide bonds. The number of ether oxygens (including phenoxy) is 2. The van der Waals surface area contributed by atoms with E-state index in [1.54, 1.807) is 39.0 Å². The molecule has 6 nitrogen and oxygen atoms in total. The molecule has 7 heteroatoms. The van der Waals surface area contributed by atoms with Gasteiger partial charge in [-0.25, -0.2) is 14.0 Å². The van der Waals surface area contributed by atoms with E-state index in [1.165, 1.54) is 24.3 Å². The summed E-state index contributed by atoms with van der Waals surface area (Å²) < 4.78 is 24.4. The molecule has 2 N–H and O–H groups in total. The Morgan fingerprint density at radius 3 is 2.03 bits per heavy atom. The van der Waals surface area contributed by atoms with Crippen molar-refractivity contribution in [3.63, 3.8) is 0 Å². The van der Waals surface area contributed by atoms with Gasteiger partial charge in [-0.2, -0.15) is 0 Å². The molecule has 0 fully saturated rings. The van der Waals surface area contributed by atoms with Crippen LogP contribution in [0.2, 0.25) is 0 Å². The highest BCUT2D eigenvalue weighted by atomic mass is 19.1. The van der Waals surface area contributed by atoms with Crippen molar-refractivity contribution in [2.45, 2.75) is 39.8 Å². The van der Waals surface area contributed by atoms with Crippen LogP contribution in [0.4, 0.5) is 4.39 Å². The Balaban J connectivity index is 0.000000280. The van der Waals surface area contributed by atoms with Gasteiger partial charge in [0.15, 0.2) is 0 Å². The molecule has 4 rings (SSSR count). The van der Waals surface area contributed by atoms with Crippen molar-refractivity contribution < 1.29 is 23.5 Å². The molecule has 174 valence electrons. The van der Waals surface area contributed by atoms with Gasteiger partial charge in [0, 0.05) is 30.0 Å². The zero-order valence-corrected chi connectivity index (χ0v) is 19.3. The maximum Gasteiger partial charge on any atom is 0.336 e. The van der Waals surface area contributed by atoms with E-state index in [9.17, 15) is 14.0 Å². The molecule has 0 saturated carbocycles. The van der Waals surface area contributed by atoms with Crippen molar-refractivity contribution >= 4 is 11.9 Å². The average molecular weight is 453 g/mol. The van der Waals surface area contributed by atoms with Gasteiger partial charge < -0.3 is 20.1 Å². The second kappa shape index (κ2) is 10.9. The van der Waals surface area contributed by atoms with Gasteiger partial charge in [0.1, 0.15) is 5.82 Å². The summed E-state index contributed by atoms with van der Waals surface area (Å²) in [4.78, 5) is 24.7. The van der Waals surface area contributed by atoms with E-state index in [0.29, 0.717) is 11.4 Å².